The molecule has 2 amide bonds. The molecular formula is C18H29N3O3. The van der Waals surface area contributed by atoms with E-state index in [2.05, 4.69) is 10.6 Å². The van der Waals surface area contributed by atoms with Crippen molar-refractivity contribution in [1.82, 2.24) is 15.5 Å². The number of hydrogen-bond acceptors (Lipinski definition) is 4. The van der Waals surface area contributed by atoms with Crippen molar-refractivity contribution in [3.05, 3.63) is 29.8 Å². The Morgan fingerprint density at radius 2 is 1.79 bits per heavy atom. The van der Waals surface area contributed by atoms with E-state index in [4.69, 9.17) is 4.74 Å². The maximum atomic E-state index is 12.0. The number of amides is 2. The second-order valence-corrected chi connectivity index (χ2v) is 5.68. The van der Waals surface area contributed by atoms with Gasteiger partial charge in [-0.05, 0) is 38.5 Å². The van der Waals surface area contributed by atoms with Crippen LogP contribution in [-0.2, 0) is 16.1 Å². The van der Waals surface area contributed by atoms with E-state index in [0.29, 0.717) is 26.1 Å². The summed E-state index contributed by atoms with van der Waals surface area (Å²) in [6, 6.07) is 7.52. The average Bonchev–Trinajstić information content (AvgIpc) is 2.59. The normalized spacial score (nSPS) is 11.7. The molecule has 0 heterocycles. The highest BCUT2D eigenvalue weighted by molar-refractivity contribution is 5.78. The van der Waals surface area contributed by atoms with Crippen LogP contribution < -0.4 is 15.4 Å². The zero-order valence-electron chi connectivity index (χ0n) is 15.1. The number of carbonyl (C=O) groups is 2. The maximum Gasteiger partial charge on any atom is 0.234 e. The second kappa shape index (κ2) is 10.6. The van der Waals surface area contributed by atoms with E-state index in [1.54, 1.807) is 12.0 Å². The molecule has 2 N–H and O–H groups in total. The third kappa shape index (κ3) is 7.00. The lowest BCUT2D eigenvalue weighted by Crippen LogP contribution is -2.41. The van der Waals surface area contributed by atoms with E-state index in [0.717, 1.165) is 11.3 Å². The first kappa shape index (κ1) is 20.0. The minimum atomic E-state index is -0.0899. The molecule has 24 heavy (non-hydrogen) atoms. The zero-order valence-corrected chi connectivity index (χ0v) is 15.1. The van der Waals surface area contributed by atoms with E-state index in [1.165, 1.54) is 0 Å². The number of hydrogen-bond donors (Lipinski definition) is 2. The van der Waals surface area contributed by atoms with Crippen LogP contribution in [0.25, 0.3) is 0 Å². The predicted molar refractivity (Wildman–Crippen MR) is 94.9 cm³/mol. The number of ether oxygens (including phenoxy) is 1. The zero-order chi connectivity index (χ0) is 17.9. The molecule has 0 saturated carbocycles. The monoisotopic (exact) mass is 335 g/mol. The van der Waals surface area contributed by atoms with E-state index in [1.807, 2.05) is 45.0 Å². The molecule has 134 valence electrons. The van der Waals surface area contributed by atoms with Gasteiger partial charge in [0.15, 0.2) is 0 Å². The van der Waals surface area contributed by atoms with Gasteiger partial charge in [-0.3, -0.25) is 9.59 Å². The van der Waals surface area contributed by atoms with Crippen molar-refractivity contribution in [2.24, 2.45) is 0 Å². The largest absolute Gasteiger partial charge is 0.497 e. The molecule has 1 atom stereocenters. The highest BCUT2D eigenvalue weighted by Crippen LogP contribution is 2.10. The Hall–Kier alpha value is -2.08. The Labute approximate surface area is 144 Å². The Balaban J connectivity index is 2.28. The van der Waals surface area contributed by atoms with Gasteiger partial charge in [-0.25, -0.2) is 0 Å². The number of nitrogens with one attached hydrogen (secondary N) is 2. The third-order valence-electron chi connectivity index (χ3n) is 3.86. The van der Waals surface area contributed by atoms with Crippen molar-refractivity contribution < 1.29 is 14.3 Å². The first-order valence-corrected chi connectivity index (χ1v) is 8.40. The maximum absolute atomic E-state index is 12.0. The van der Waals surface area contributed by atoms with Crippen LogP contribution in [0.15, 0.2) is 24.3 Å². The molecule has 0 spiro atoms. The lowest BCUT2D eigenvalue weighted by Gasteiger charge is -2.21. The van der Waals surface area contributed by atoms with Gasteiger partial charge in [0.05, 0.1) is 13.7 Å². The fraction of sp³-hybridized carbons (Fsp3) is 0.556. The van der Waals surface area contributed by atoms with E-state index >= 15 is 0 Å². The lowest BCUT2D eigenvalue weighted by molar-refractivity contribution is -0.131. The van der Waals surface area contributed by atoms with Crippen LogP contribution in [0.2, 0.25) is 0 Å². The van der Waals surface area contributed by atoms with Crippen LogP contribution in [-0.4, -0.2) is 49.5 Å². The summed E-state index contributed by atoms with van der Waals surface area (Å²) in [5.74, 6) is 0.810. The molecule has 1 unspecified atom stereocenters. The Morgan fingerprint density at radius 1 is 1.17 bits per heavy atom. The molecule has 0 radical (unpaired) electrons. The minimum Gasteiger partial charge on any atom is -0.497 e. The summed E-state index contributed by atoms with van der Waals surface area (Å²) in [5, 5.41) is 5.94. The van der Waals surface area contributed by atoms with Crippen molar-refractivity contribution in [3.63, 3.8) is 0 Å². The number of nitrogens with zero attached hydrogens (tertiary/aromatic N) is 1. The fourth-order valence-corrected chi connectivity index (χ4v) is 2.31. The van der Waals surface area contributed by atoms with Crippen molar-refractivity contribution in [3.8, 4) is 5.75 Å². The van der Waals surface area contributed by atoms with E-state index in [-0.39, 0.29) is 24.4 Å². The summed E-state index contributed by atoms with van der Waals surface area (Å²) in [6.45, 7) is 7.94. The SMILES string of the molecule is CCN(CC)C(=O)CC(C)NCC(=O)NCc1ccc(OC)cc1. The summed E-state index contributed by atoms with van der Waals surface area (Å²) in [7, 11) is 1.62. The fourth-order valence-electron chi connectivity index (χ4n) is 2.31. The predicted octanol–water partition coefficient (Wildman–Crippen LogP) is 1.55. The smallest absolute Gasteiger partial charge is 0.234 e. The van der Waals surface area contributed by atoms with Crippen LogP contribution in [0, 0.1) is 0 Å². The van der Waals surface area contributed by atoms with E-state index < -0.39 is 0 Å². The number of rotatable bonds is 10. The van der Waals surface area contributed by atoms with Gasteiger partial charge in [0.25, 0.3) is 0 Å². The Kier molecular flexibility index (Phi) is 8.86. The Bertz CT molecular complexity index is 513. The Morgan fingerprint density at radius 3 is 2.33 bits per heavy atom. The molecule has 6 nitrogen and oxygen atoms in total. The quantitative estimate of drug-likeness (QED) is 0.680. The van der Waals surface area contributed by atoms with Gasteiger partial charge in [-0.15, -0.1) is 0 Å². The lowest BCUT2D eigenvalue weighted by atomic mass is 10.2. The molecule has 6 heteroatoms. The van der Waals surface area contributed by atoms with Crippen molar-refractivity contribution in [1.29, 1.82) is 0 Å². The van der Waals surface area contributed by atoms with Crippen molar-refractivity contribution in [2.45, 2.75) is 39.8 Å². The van der Waals surface area contributed by atoms with Gasteiger partial charge in [0, 0.05) is 32.1 Å². The van der Waals surface area contributed by atoms with Crippen LogP contribution in [0.5, 0.6) is 5.75 Å². The molecule has 1 rings (SSSR count). The number of methoxy groups -OCH3 is 1. The minimum absolute atomic E-state index is 0.0372. The molecule has 1 aromatic carbocycles. The average molecular weight is 335 g/mol. The topological polar surface area (TPSA) is 70.7 Å². The summed E-state index contributed by atoms with van der Waals surface area (Å²) in [4.78, 5) is 25.7. The second-order valence-electron chi connectivity index (χ2n) is 5.68. The first-order valence-electron chi connectivity index (χ1n) is 8.40. The summed E-state index contributed by atoms with van der Waals surface area (Å²) >= 11 is 0. The van der Waals surface area contributed by atoms with Crippen molar-refractivity contribution in [2.75, 3.05) is 26.7 Å². The van der Waals surface area contributed by atoms with Crippen LogP contribution in [0.4, 0.5) is 0 Å². The van der Waals surface area contributed by atoms with E-state index in [9.17, 15) is 9.59 Å². The first-order chi connectivity index (χ1) is 11.5. The molecule has 0 saturated heterocycles. The number of carbonyl (C=O) groups excluding carboxylic acids is 2. The summed E-state index contributed by atoms with van der Waals surface area (Å²) in [5.41, 5.74) is 1.01. The molecule has 0 aliphatic rings. The molecule has 0 aliphatic carbocycles. The van der Waals surface area contributed by atoms with Gasteiger partial charge in [-0.2, -0.15) is 0 Å². The molecular weight excluding hydrogens is 306 g/mol. The van der Waals surface area contributed by atoms with Crippen LogP contribution >= 0.6 is 0 Å². The van der Waals surface area contributed by atoms with Gasteiger partial charge in [0.2, 0.25) is 11.8 Å². The molecule has 0 bridgehead atoms. The van der Waals surface area contributed by atoms with Crippen LogP contribution in [0.1, 0.15) is 32.8 Å². The van der Waals surface area contributed by atoms with Crippen molar-refractivity contribution >= 4 is 11.8 Å². The van der Waals surface area contributed by atoms with Crippen LogP contribution in [0.3, 0.4) is 0 Å². The highest BCUT2D eigenvalue weighted by Gasteiger charge is 2.14. The van der Waals surface area contributed by atoms with Gasteiger partial charge >= 0.3 is 0 Å². The third-order valence-corrected chi connectivity index (χ3v) is 3.86. The molecule has 0 aliphatic heterocycles. The van der Waals surface area contributed by atoms with Gasteiger partial charge in [0.1, 0.15) is 5.75 Å². The molecule has 0 fully saturated rings. The van der Waals surface area contributed by atoms with Gasteiger partial charge in [-0.1, -0.05) is 12.1 Å². The summed E-state index contributed by atoms with van der Waals surface area (Å²) in [6.07, 6.45) is 0.396. The van der Waals surface area contributed by atoms with Gasteiger partial charge < -0.3 is 20.3 Å². The molecule has 1 aromatic rings. The standard InChI is InChI=1S/C18H29N3O3/c1-5-21(6-2)18(23)11-14(3)19-13-17(22)20-12-15-7-9-16(24-4)10-8-15/h7-10,14,19H,5-6,11-13H2,1-4H3,(H,20,22). The molecule has 0 aromatic heterocycles. The highest BCUT2D eigenvalue weighted by atomic mass is 16.5. The number of benzene rings is 1. The summed E-state index contributed by atoms with van der Waals surface area (Å²) < 4.78 is 5.10.